The number of amides is 3. The number of urea groups is 1. The highest BCUT2D eigenvalue weighted by molar-refractivity contribution is 5.87. The maximum Gasteiger partial charge on any atom is 0.315 e. The van der Waals surface area contributed by atoms with Crippen LogP contribution in [-0.2, 0) is 9.59 Å². The van der Waals surface area contributed by atoms with Crippen LogP contribution in [0.15, 0.2) is 0 Å². The molecule has 1 rings (SSSR count). The SMILES string of the molecule is CC(NC(=O)NC1CCCC1C(=O)O)C(=O)NC(C)(C)C. The molecule has 1 saturated carbocycles. The van der Waals surface area contributed by atoms with Crippen molar-refractivity contribution in [2.24, 2.45) is 5.92 Å². The van der Waals surface area contributed by atoms with Crippen molar-refractivity contribution in [3.05, 3.63) is 0 Å². The fourth-order valence-corrected chi connectivity index (χ4v) is 2.38. The Morgan fingerprint density at radius 1 is 1.19 bits per heavy atom. The smallest absolute Gasteiger partial charge is 0.315 e. The van der Waals surface area contributed by atoms with Crippen LogP contribution in [-0.4, -0.2) is 40.6 Å². The summed E-state index contributed by atoms with van der Waals surface area (Å²) in [4.78, 5) is 34.8. The predicted octanol–water partition coefficient (Wildman–Crippen LogP) is 0.842. The highest BCUT2D eigenvalue weighted by Gasteiger charge is 2.34. The van der Waals surface area contributed by atoms with E-state index in [4.69, 9.17) is 5.11 Å². The molecule has 0 radical (unpaired) electrons. The average Bonchev–Trinajstić information content (AvgIpc) is 2.74. The molecule has 0 aliphatic heterocycles. The van der Waals surface area contributed by atoms with E-state index >= 15 is 0 Å². The summed E-state index contributed by atoms with van der Waals surface area (Å²) in [7, 11) is 0. The number of rotatable bonds is 4. The highest BCUT2D eigenvalue weighted by Crippen LogP contribution is 2.25. The molecular formula is C14H25N3O4. The van der Waals surface area contributed by atoms with Gasteiger partial charge in [0.2, 0.25) is 5.91 Å². The lowest BCUT2D eigenvalue weighted by Gasteiger charge is -2.24. The van der Waals surface area contributed by atoms with Crippen molar-refractivity contribution in [3.8, 4) is 0 Å². The molecule has 1 aliphatic rings. The zero-order valence-corrected chi connectivity index (χ0v) is 13.0. The normalized spacial score (nSPS) is 23.2. The maximum absolute atomic E-state index is 11.9. The minimum absolute atomic E-state index is 0.279. The van der Waals surface area contributed by atoms with E-state index in [2.05, 4.69) is 16.0 Å². The fraction of sp³-hybridized carbons (Fsp3) is 0.786. The number of carboxylic acids is 1. The van der Waals surface area contributed by atoms with Crippen LogP contribution in [0.25, 0.3) is 0 Å². The van der Waals surface area contributed by atoms with Gasteiger partial charge in [0.25, 0.3) is 0 Å². The van der Waals surface area contributed by atoms with Crippen molar-refractivity contribution in [2.75, 3.05) is 0 Å². The third-order valence-corrected chi connectivity index (χ3v) is 3.39. The first kappa shape index (κ1) is 17.3. The molecule has 7 nitrogen and oxygen atoms in total. The molecule has 120 valence electrons. The van der Waals surface area contributed by atoms with E-state index in [-0.39, 0.29) is 17.5 Å². The summed E-state index contributed by atoms with van der Waals surface area (Å²) in [6.07, 6.45) is 2.00. The van der Waals surface area contributed by atoms with Crippen LogP contribution in [0.4, 0.5) is 4.79 Å². The van der Waals surface area contributed by atoms with Crippen molar-refractivity contribution in [2.45, 2.75) is 64.6 Å². The molecule has 21 heavy (non-hydrogen) atoms. The zero-order chi connectivity index (χ0) is 16.2. The van der Waals surface area contributed by atoms with E-state index in [1.165, 1.54) is 0 Å². The van der Waals surface area contributed by atoms with E-state index in [1.807, 2.05) is 20.8 Å². The molecular weight excluding hydrogens is 274 g/mol. The molecule has 1 aliphatic carbocycles. The summed E-state index contributed by atoms with van der Waals surface area (Å²) in [6.45, 7) is 7.15. The van der Waals surface area contributed by atoms with Crippen molar-refractivity contribution in [1.29, 1.82) is 0 Å². The van der Waals surface area contributed by atoms with Crippen molar-refractivity contribution < 1.29 is 19.5 Å². The van der Waals surface area contributed by atoms with Gasteiger partial charge >= 0.3 is 12.0 Å². The third kappa shape index (κ3) is 5.61. The van der Waals surface area contributed by atoms with E-state index in [1.54, 1.807) is 6.92 Å². The molecule has 7 heteroatoms. The van der Waals surface area contributed by atoms with Gasteiger partial charge in [-0.05, 0) is 40.5 Å². The van der Waals surface area contributed by atoms with E-state index in [0.29, 0.717) is 12.8 Å². The molecule has 3 unspecified atom stereocenters. The van der Waals surface area contributed by atoms with Crippen molar-refractivity contribution in [3.63, 3.8) is 0 Å². The number of hydrogen-bond donors (Lipinski definition) is 4. The first-order chi connectivity index (χ1) is 9.60. The van der Waals surface area contributed by atoms with Gasteiger partial charge in [-0.1, -0.05) is 6.42 Å². The second-order valence-corrected chi connectivity index (χ2v) is 6.56. The lowest BCUT2D eigenvalue weighted by Crippen LogP contribution is -2.54. The lowest BCUT2D eigenvalue weighted by atomic mass is 10.0. The lowest BCUT2D eigenvalue weighted by molar-refractivity contribution is -0.142. The minimum atomic E-state index is -0.892. The summed E-state index contributed by atoms with van der Waals surface area (Å²) in [5.41, 5.74) is -0.372. The average molecular weight is 299 g/mol. The molecule has 0 aromatic carbocycles. The van der Waals surface area contributed by atoms with Crippen LogP contribution in [0.5, 0.6) is 0 Å². The summed E-state index contributed by atoms with van der Waals surface area (Å²) in [5.74, 6) is -1.72. The number of carbonyl (C=O) groups excluding carboxylic acids is 2. The van der Waals surface area contributed by atoms with Gasteiger partial charge in [0, 0.05) is 11.6 Å². The van der Waals surface area contributed by atoms with E-state index in [9.17, 15) is 14.4 Å². The second kappa shape index (κ2) is 6.78. The topological polar surface area (TPSA) is 108 Å². The van der Waals surface area contributed by atoms with E-state index < -0.39 is 24.0 Å². The Labute approximate surface area is 124 Å². The Hall–Kier alpha value is -1.79. The molecule has 3 atom stereocenters. The Kier molecular flexibility index (Phi) is 5.57. The molecule has 0 aromatic rings. The molecule has 0 spiro atoms. The Bertz CT molecular complexity index is 417. The first-order valence-corrected chi connectivity index (χ1v) is 7.22. The second-order valence-electron chi connectivity index (χ2n) is 6.56. The predicted molar refractivity (Wildman–Crippen MR) is 77.8 cm³/mol. The van der Waals surface area contributed by atoms with Gasteiger partial charge in [0.15, 0.2) is 0 Å². The number of aliphatic carboxylic acids is 1. The Balaban J connectivity index is 2.46. The van der Waals surface area contributed by atoms with Crippen LogP contribution in [0.2, 0.25) is 0 Å². The van der Waals surface area contributed by atoms with Gasteiger partial charge < -0.3 is 21.1 Å². The summed E-state index contributed by atoms with van der Waals surface area (Å²) in [5, 5.41) is 17.0. The molecule has 1 fully saturated rings. The van der Waals surface area contributed by atoms with Crippen molar-refractivity contribution in [1.82, 2.24) is 16.0 Å². The van der Waals surface area contributed by atoms with Crippen LogP contribution in [0.3, 0.4) is 0 Å². The standard InChI is InChI=1S/C14H25N3O4/c1-8(11(18)17-14(2,3)4)15-13(21)16-10-7-5-6-9(10)12(19)20/h8-10H,5-7H2,1-4H3,(H,17,18)(H,19,20)(H2,15,16,21). The number of carbonyl (C=O) groups is 3. The van der Waals surface area contributed by atoms with Crippen LogP contribution >= 0.6 is 0 Å². The summed E-state index contributed by atoms with van der Waals surface area (Å²) in [6, 6.07) is -1.57. The van der Waals surface area contributed by atoms with Crippen LogP contribution in [0.1, 0.15) is 47.0 Å². The molecule has 0 heterocycles. The zero-order valence-electron chi connectivity index (χ0n) is 13.0. The third-order valence-electron chi connectivity index (χ3n) is 3.39. The highest BCUT2D eigenvalue weighted by atomic mass is 16.4. The summed E-state index contributed by atoms with van der Waals surface area (Å²) >= 11 is 0. The minimum Gasteiger partial charge on any atom is -0.481 e. The largest absolute Gasteiger partial charge is 0.481 e. The van der Waals surface area contributed by atoms with Crippen LogP contribution in [0, 0.1) is 5.92 Å². The Morgan fingerprint density at radius 3 is 2.33 bits per heavy atom. The first-order valence-electron chi connectivity index (χ1n) is 7.22. The number of nitrogens with one attached hydrogen (secondary N) is 3. The van der Waals surface area contributed by atoms with Gasteiger partial charge in [-0.15, -0.1) is 0 Å². The number of hydrogen-bond acceptors (Lipinski definition) is 3. The quantitative estimate of drug-likeness (QED) is 0.617. The van der Waals surface area contributed by atoms with Gasteiger partial charge in [0.05, 0.1) is 5.92 Å². The van der Waals surface area contributed by atoms with Gasteiger partial charge in [-0.3, -0.25) is 9.59 Å². The Morgan fingerprint density at radius 2 is 1.81 bits per heavy atom. The van der Waals surface area contributed by atoms with Crippen LogP contribution < -0.4 is 16.0 Å². The maximum atomic E-state index is 11.9. The van der Waals surface area contributed by atoms with Gasteiger partial charge in [0.1, 0.15) is 6.04 Å². The van der Waals surface area contributed by atoms with E-state index in [0.717, 1.165) is 6.42 Å². The molecule has 0 saturated heterocycles. The summed E-state index contributed by atoms with van der Waals surface area (Å²) < 4.78 is 0. The molecule has 4 N–H and O–H groups in total. The monoisotopic (exact) mass is 299 g/mol. The fourth-order valence-electron chi connectivity index (χ4n) is 2.38. The number of carboxylic acid groups (broad SMARTS) is 1. The molecule has 0 aromatic heterocycles. The molecule has 0 bridgehead atoms. The van der Waals surface area contributed by atoms with Gasteiger partial charge in [-0.25, -0.2) is 4.79 Å². The van der Waals surface area contributed by atoms with Crippen molar-refractivity contribution >= 4 is 17.9 Å². The molecule has 3 amide bonds. The van der Waals surface area contributed by atoms with Gasteiger partial charge in [-0.2, -0.15) is 0 Å².